The zero-order valence-electron chi connectivity index (χ0n) is 16.9. The Labute approximate surface area is 174 Å². The van der Waals surface area contributed by atoms with Gasteiger partial charge in [-0.3, -0.25) is 4.98 Å². The number of nitrogens with zero attached hydrogens (tertiary/aromatic N) is 4. The third kappa shape index (κ3) is 2.31. The van der Waals surface area contributed by atoms with E-state index >= 15 is 0 Å². The smallest absolute Gasteiger partial charge is 0.163 e. The van der Waals surface area contributed by atoms with Gasteiger partial charge in [-0.1, -0.05) is 44.2 Å². The zero-order valence-corrected chi connectivity index (χ0v) is 16.9. The molecule has 0 radical (unpaired) electrons. The third-order valence-electron chi connectivity index (χ3n) is 6.22. The summed E-state index contributed by atoms with van der Waals surface area (Å²) in [6.07, 6.45) is 7.46. The second kappa shape index (κ2) is 6.10. The van der Waals surface area contributed by atoms with Crippen molar-refractivity contribution in [3.05, 3.63) is 96.6 Å². The van der Waals surface area contributed by atoms with Gasteiger partial charge in [0.05, 0.1) is 5.52 Å². The molecule has 4 nitrogen and oxygen atoms in total. The topological polar surface area (TPSA) is 43.6 Å². The molecule has 1 aliphatic carbocycles. The monoisotopic (exact) mass is 388 g/mol. The van der Waals surface area contributed by atoms with Gasteiger partial charge in [-0.25, -0.2) is 9.97 Å². The quantitative estimate of drug-likeness (QED) is 0.384. The summed E-state index contributed by atoms with van der Waals surface area (Å²) < 4.78 is 2.14. The standard InChI is InChI=1S/C26H20N4/c1-26(2)20-8-4-3-7-18(20)24-19-12-15-30(22(19)10-9-21(24)26)23-11-14-28-25(29-23)17-6-5-13-27-16-17/h3-16H,1-2H3. The molecule has 0 bridgehead atoms. The minimum absolute atomic E-state index is 0.00458. The van der Waals surface area contributed by atoms with Crippen molar-refractivity contribution in [2.45, 2.75) is 19.3 Å². The van der Waals surface area contributed by atoms with Crippen molar-refractivity contribution in [2.75, 3.05) is 0 Å². The van der Waals surface area contributed by atoms with E-state index in [0.29, 0.717) is 5.82 Å². The lowest BCUT2D eigenvalue weighted by Crippen LogP contribution is -2.14. The van der Waals surface area contributed by atoms with Crippen LogP contribution in [0.15, 0.2) is 85.5 Å². The molecule has 0 atom stereocenters. The fourth-order valence-electron chi connectivity index (χ4n) is 4.74. The first-order chi connectivity index (χ1) is 14.6. The SMILES string of the molecule is CC1(C)c2ccccc2-c2c1ccc1c2ccn1-c1ccnc(-c2cccnc2)n1. The van der Waals surface area contributed by atoms with Crippen LogP contribution in [0.1, 0.15) is 25.0 Å². The van der Waals surface area contributed by atoms with Crippen LogP contribution in [0.3, 0.4) is 0 Å². The maximum absolute atomic E-state index is 4.81. The summed E-state index contributed by atoms with van der Waals surface area (Å²) in [5, 5.41) is 1.26. The van der Waals surface area contributed by atoms with Crippen LogP contribution in [-0.4, -0.2) is 19.5 Å². The van der Waals surface area contributed by atoms with Crippen LogP contribution in [0.25, 0.3) is 39.2 Å². The molecule has 0 saturated heterocycles. The van der Waals surface area contributed by atoms with Crippen molar-refractivity contribution < 1.29 is 0 Å². The molecule has 3 heterocycles. The van der Waals surface area contributed by atoms with Gasteiger partial charge in [-0.15, -0.1) is 0 Å². The van der Waals surface area contributed by atoms with Crippen LogP contribution < -0.4 is 0 Å². The molecule has 30 heavy (non-hydrogen) atoms. The molecule has 0 N–H and O–H groups in total. The Balaban J connectivity index is 1.56. The molecular formula is C26H20N4. The second-order valence-corrected chi connectivity index (χ2v) is 8.26. The summed E-state index contributed by atoms with van der Waals surface area (Å²) in [6, 6.07) is 21.3. The Kier molecular flexibility index (Phi) is 3.48. The summed E-state index contributed by atoms with van der Waals surface area (Å²) in [5.74, 6) is 1.53. The number of pyridine rings is 1. The molecule has 0 fully saturated rings. The van der Waals surface area contributed by atoms with Crippen molar-refractivity contribution in [3.8, 4) is 28.3 Å². The first kappa shape index (κ1) is 17.1. The lowest BCUT2D eigenvalue weighted by Gasteiger charge is -2.21. The minimum atomic E-state index is 0.00458. The molecule has 2 aromatic carbocycles. The van der Waals surface area contributed by atoms with Gasteiger partial charge in [0.2, 0.25) is 0 Å². The summed E-state index contributed by atoms with van der Waals surface area (Å²) in [6.45, 7) is 4.62. The van der Waals surface area contributed by atoms with E-state index in [1.165, 1.54) is 27.6 Å². The molecule has 3 aromatic heterocycles. The van der Waals surface area contributed by atoms with Crippen molar-refractivity contribution in [2.24, 2.45) is 0 Å². The molecule has 0 spiro atoms. The first-order valence-corrected chi connectivity index (χ1v) is 10.1. The molecule has 1 aliphatic rings. The third-order valence-corrected chi connectivity index (χ3v) is 6.22. The molecule has 0 aliphatic heterocycles. The van der Waals surface area contributed by atoms with Gasteiger partial charge in [0.25, 0.3) is 0 Å². The Morgan fingerprint density at radius 1 is 0.833 bits per heavy atom. The van der Waals surface area contributed by atoms with E-state index in [2.05, 4.69) is 77.0 Å². The average molecular weight is 388 g/mol. The number of rotatable bonds is 2. The van der Waals surface area contributed by atoms with Gasteiger partial charge in [0.15, 0.2) is 5.82 Å². The van der Waals surface area contributed by atoms with E-state index in [1.54, 1.807) is 12.4 Å². The number of benzene rings is 2. The van der Waals surface area contributed by atoms with E-state index in [9.17, 15) is 0 Å². The highest BCUT2D eigenvalue weighted by Gasteiger charge is 2.36. The predicted octanol–water partition coefficient (Wildman–Crippen LogP) is 5.79. The predicted molar refractivity (Wildman–Crippen MR) is 120 cm³/mol. The highest BCUT2D eigenvalue weighted by Crippen LogP contribution is 2.51. The fourth-order valence-corrected chi connectivity index (χ4v) is 4.74. The minimum Gasteiger partial charge on any atom is -0.301 e. The molecule has 0 unspecified atom stereocenters. The highest BCUT2D eigenvalue weighted by molar-refractivity contribution is 6.02. The van der Waals surface area contributed by atoms with Crippen LogP contribution in [0.2, 0.25) is 0 Å². The Hall–Kier alpha value is -3.79. The van der Waals surface area contributed by atoms with Crippen LogP contribution in [-0.2, 0) is 5.41 Å². The summed E-state index contributed by atoms with van der Waals surface area (Å²) >= 11 is 0. The number of aromatic nitrogens is 4. The van der Waals surface area contributed by atoms with Crippen LogP contribution in [0.5, 0.6) is 0 Å². The van der Waals surface area contributed by atoms with Gasteiger partial charge < -0.3 is 4.57 Å². The fraction of sp³-hybridized carbons (Fsp3) is 0.115. The lowest BCUT2D eigenvalue weighted by atomic mass is 9.82. The maximum atomic E-state index is 4.81. The van der Waals surface area contributed by atoms with Crippen molar-refractivity contribution in [1.29, 1.82) is 0 Å². The van der Waals surface area contributed by atoms with Gasteiger partial charge in [0, 0.05) is 41.2 Å². The summed E-state index contributed by atoms with van der Waals surface area (Å²) in [4.78, 5) is 13.4. The molecule has 0 saturated carbocycles. The van der Waals surface area contributed by atoms with E-state index in [1.807, 2.05) is 24.4 Å². The normalized spacial score (nSPS) is 13.9. The zero-order chi connectivity index (χ0) is 20.3. The molecular weight excluding hydrogens is 368 g/mol. The summed E-state index contributed by atoms with van der Waals surface area (Å²) in [5.41, 5.74) is 7.51. The van der Waals surface area contributed by atoms with E-state index < -0.39 is 0 Å². The van der Waals surface area contributed by atoms with Gasteiger partial charge in [-0.05, 0) is 52.6 Å². The second-order valence-electron chi connectivity index (χ2n) is 8.26. The molecule has 144 valence electrons. The molecule has 5 aromatic rings. The van der Waals surface area contributed by atoms with E-state index in [-0.39, 0.29) is 5.41 Å². The van der Waals surface area contributed by atoms with E-state index in [4.69, 9.17) is 4.98 Å². The number of hydrogen-bond donors (Lipinski definition) is 0. The highest BCUT2D eigenvalue weighted by atomic mass is 15.1. The summed E-state index contributed by atoms with van der Waals surface area (Å²) in [7, 11) is 0. The molecule has 4 heteroatoms. The number of hydrogen-bond acceptors (Lipinski definition) is 3. The van der Waals surface area contributed by atoms with Crippen LogP contribution >= 0.6 is 0 Å². The van der Waals surface area contributed by atoms with Gasteiger partial charge in [-0.2, -0.15) is 0 Å². The van der Waals surface area contributed by atoms with Crippen molar-refractivity contribution in [1.82, 2.24) is 19.5 Å². The van der Waals surface area contributed by atoms with Crippen molar-refractivity contribution in [3.63, 3.8) is 0 Å². The first-order valence-electron chi connectivity index (χ1n) is 10.1. The van der Waals surface area contributed by atoms with Crippen LogP contribution in [0.4, 0.5) is 0 Å². The Bertz CT molecular complexity index is 1410. The maximum Gasteiger partial charge on any atom is 0.163 e. The largest absolute Gasteiger partial charge is 0.301 e. The molecule has 0 amide bonds. The Morgan fingerprint density at radius 2 is 1.73 bits per heavy atom. The van der Waals surface area contributed by atoms with E-state index in [0.717, 1.165) is 16.9 Å². The van der Waals surface area contributed by atoms with Crippen LogP contribution in [0, 0.1) is 0 Å². The lowest BCUT2D eigenvalue weighted by molar-refractivity contribution is 0.661. The molecule has 6 rings (SSSR count). The van der Waals surface area contributed by atoms with Gasteiger partial charge >= 0.3 is 0 Å². The van der Waals surface area contributed by atoms with Gasteiger partial charge in [0.1, 0.15) is 5.82 Å². The number of fused-ring (bicyclic) bond motifs is 5. The Morgan fingerprint density at radius 3 is 2.60 bits per heavy atom. The average Bonchev–Trinajstić information content (AvgIpc) is 3.32. The van der Waals surface area contributed by atoms with Crippen molar-refractivity contribution >= 4 is 10.9 Å².